The summed E-state index contributed by atoms with van der Waals surface area (Å²) in [4.78, 5) is 0. The SMILES string of the molecule is COc1cc(C2(CN)CCC2)ccc1OC1CCOC1. The van der Waals surface area contributed by atoms with E-state index in [-0.39, 0.29) is 11.5 Å². The summed E-state index contributed by atoms with van der Waals surface area (Å²) in [6, 6.07) is 6.25. The van der Waals surface area contributed by atoms with Crippen molar-refractivity contribution in [3.05, 3.63) is 23.8 Å². The highest BCUT2D eigenvalue weighted by Gasteiger charge is 2.37. The Bertz CT molecular complexity index is 459. The van der Waals surface area contributed by atoms with Gasteiger partial charge < -0.3 is 19.9 Å². The Labute approximate surface area is 120 Å². The quantitative estimate of drug-likeness (QED) is 0.897. The molecule has 1 aromatic rings. The molecule has 0 aromatic heterocycles. The van der Waals surface area contributed by atoms with Crippen LogP contribution in [0.1, 0.15) is 31.2 Å². The van der Waals surface area contributed by atoms with Crippen LogP contribution in [0, 0.1) is 0 Å². The zero-order valence-corrected chi connectivity index (χ0v) is 12.1. The van der Waals surface area contributed by atoms with Crippen molar-refractivity contribution in [3.8, 4) is 11.5 Å². The van der Waals surface area contributed by atoms with Gasteiger partial charge in [0.2, 0.25) is 0 Å². The van der Waals surface area contributed by atoms with Crippen molar-refractivity contribution in [1.29, 1.82) is 0 Å². The highest BCUT2D eigenvalue weighted by atomic mass is 16.6. The predicted molar refractivity (Wildman–Crippen MR) is 77.4 cm³/mol. The van der Waals surface area contributed by atoms with Crippen molar-refractivity contribution in [2.24, 2.45) is 5.73 Å². The number of methoxy groups -OCH3 is 1. The maximum atomic E-state index is 5.97. The van der Waals surface area contributed by atoms with E-state index < -0.39 is 0 Å². The van der Waals surface area contributed by atoms with Crippen molar-refractivity contribution < 1.29 is 14.2 Å². The van der Waals surface area contributed by atoms with Crippen LogP contribution in [-0.4, -0.2) is 33.0 Å². The lowest BCUT2D eigenvalue weighted by molar-refractivity contribution is 0.138. The summed E-state index contributed by atoms with van der Waals surface area (Å²) in [6.07, 6.45) is 4.68. The maximum absolute atomic E-state index is 5.97. The summed E-state index contributed by atoms with van der Waals surface area (Å²) in [5.41, 5.74) is 7.40. The first kappa shape index (κ1) is 13.7. The van der Waals surface area contributed by atoms with E-state index in [1.165, 1.54) is 24.8 Å². The zero-order chi connectivity index (χ0) is 14.0. The van der Waals surface area contributed by atoms with Gasteiger partial charge in [-0.25, -0.2) is 0 Å². The molecule has 1 atom stereocenters. The predicted octanol–water partition coefficient (Wildman–Crippen LogP) is 2.24. The molecular formula is C16H23NO3. The van der Waals surface area contributed by atoms with Crippen LogP contribution in [0.15, 0.2) is 18.2 Å². The summed E-state index contributed by atoms with van der Waals surface area (Å²) < 4.78 is 16.8. The minimum absolute atomic E-state index is 0.141. The first-order chi connectivity index (χ1) is 9.77. The largest absolute Gasteiger partial charge is 0.493 e. The van der Waals surface area contributed by atoms with Crippen LogP contribution in [0.4, 0.5) is 0 Å². The summed E-state index contributed by atoms with van der Waals surface area (Å²) in [6.45, 7) is 2.14. The molecule has 110 valence electrons. The minimum Gasteiger partial charge on any atom is -0.493 e. The Balaban J connectivity index is 1.81. The van der Waals surface area contributed by atoms with Crippen molar-refractivity contribution in [1.82, 2.24) is 0 Å². The third-order valence-electron chi connectivity index (χ3n) is 4.66. The van der Waals surface area contributed by atoms with Gasteiger partial charge in [0.1, 0.15) is 6.10 Å². The Morgan fingerprint density at radius 1 is 1.35 bits per heavy atom. The van der Waals surface area contributed by atoms with Crippen LogP contribution in [0.25, 0.3) is 0 Å². The van der Waals surface area contributed by atoms with Crippen LogP contribution in [0.3, 0.4) is 0 Å². The van der Waals surface area contributed by atoms with Gasteiger partial charge in [-0.2, -0.15) is 0 Å². The molecule has 3 rings (SSSR count). The van der Waals surface area contributed by atoms with E-state index in [0.717, 1.165) is 24.5 Å². The molecule has 1 unspecified atom stereocenters. The van der Waals surface area contributed by atoms with Gasteiger partial charge in [-0.05, 0) is 30.5 Å². The average molecular weight is 277 g/mol. The third-order valence-corrected chi connectivity index (χ3v) is 4.66. The van der Waals surface area contributed by atoms with Crippen molar-refractivity contribution in [2.45, 2.75) is 37.2 Å². The van der Waals surface area contributed by atoms with Crippen LogP contribution >= 0.6 is 0 Å². The topological polar surface area (TPSA) is 53.7 Å². The summed E-state index contributed by atoms with van der Waals surface area (Å²) in [7, 11) is 1.69. The van der Waals surface area contributed by atoms with E-state index in [2.05, 4.69) is 12.1 Å². The highest BCUT2D eigenvalue weighted by molar-refractivity contribution is 5.46. The molecule has 1 aromatic carbocycles. The van der Waals surface area contributed by atoms with Crippen molar-refractivity contribution >= 4 is 0 Å². The lowest BCUT2D eigenvalue weighted by atomic mass is 9.64. The molecule has 1 aliphatic carbocycles. The lowest BCUT2D eigenvalue weighted by Crippen LogP contribution is -2.41. The van der Waals surface area contributed by atoms with E-state index in [1.807, 2.05) is 6.07 Å². The van der Waals surface area contributed by atoms with Crippen molar-refractivity contribution in [2.75, 3.05) is 26.9 Å². The number of ether oxygens (including phenoxy) is 3. The van der Waals surface area contributed by atoms with Crippen LogP contribution in [-0.2, 0) is 10.2 Å². The summed E-state index contributed by atoms with van der Waals surface area (Å²) in [5.74, 6) is 1.60. The van der Waals surface area contributed by atoms with E-state index in [1.54, 1.807) is 7.11 Å². The second kappa shape index (κ2) is 5.62. The molecule has 1 aliphatic heterocycles. The number of hydrogen-bond donors (Lipinski definition) is 1. The number of nitrogens with two attached hydrogens (primary N) is 1. The molecule has 1 saturated heterocycles. The molecule has 2 N–H and O–H groups in total. The molecule has 0 bridgehead atoms. The molecule has 1 heterocycles. The van der Waals surface area contributed by atoms with Gasteiger partial charge in [0.15, 0.2) is 11.5 Å². The Hall–Kier alpha value is -1.26. The standard InChI is InChI=1S/C16H23NO3/c1-18-15-9-12(16(11-17)6-2-7-16)3-4-14(15)20-13-5-8-19-10-13/h3-4,9,13H,2,5-8,10-11,17H2,1H3. The zero-order valence-electron chi connectivity index (χ0n) is 12.1. The fourth-order valence-corrected chi connectivity index (χ4v) is 3.09. The second-order valence-electron chi connectivity index (χ2n) is 5.81. The monoisotopic (exact) mass is 277 g/mol. The van der Waals surface area contributed by atoms with E-state index in [4.69, 9.17) is 19.9 Å². The number of rotatable bonds is 5. The number of hydrogen-bond acceptors (Lipinski definition) is 4. The first-order valence-corrected chi connectivity index (χ1v) is 7.40. The lowest BCUT2D eigenvalue weighted by Gasteiger charge is -2.41. The Morgan fingerprint density at radius 2 is 2.20 bits per heavy atom. The van der Waals surface area contributed by atoms with Gasteiger partial charge in [-0.1, -0.05) is 12.5 Å². The summed E-state index contributed by atoms with van der Waals surface area (Å²) in [5, 5.41) is 0. The molecule has 4 heteroatoms. The molecule has 0 amide bonds. The molecular weight excluding hydrogens is 254 g/mol. The normalized spacial score (nSPS) is 24.2. The average Bonchev–Trinajstić information content (AvgIpc) is 2.92. The van der Waals surface area contributed by atoms with Gasteiger partial charge >= 0.3 is 0 Å². The van der Waals surface area contributed by atoms with Gasteiger partial charge in [0.05, 0.1) is 20.3 Å². The van der Waals surface area contributed by atoms with Gasteiger partial charge in [-0.3, -0.25) is 0 Å². The van der Waals surface area contributed by atoms with Crippen LogP contribution in [0.2, 0.25) is 0 Å². The first-order valence-electron chi connectivity index (χ1n) is 7.40. The summed E-state index contributed by atoms with van der Waals surface area (Å²) >= 11 is 0. The van der Waals surface area contributed by atoms with E-state index in [0.29, 0.717) is 13.2 Å². The van der Waals surface area contributed by atoms with Crippen LogP contribution in [0.5, 0.6) is 11.5 Å². The molecule has 2 fully saturated rings. The highest BCUT2D eigenvalue weighted by Crippen LogP contribution is 2.45. The smallest absolute Gasteiger partial charge is 0.161 e. The second-order valence-corrected chi connectivity index (χ2v) is 5.81. The van der Waals surface area contributed by atoms with Gasteiger partial charge in [0, 0.05) is 18.4 Å². The van der Waals surface area contributed by atoms with E-state index >= 15 is 0 Å². The number of benzene rings is 1. The van der Waals surface area contributed by atoms with Gasteiger partial charge in [0.25, 0.3) is 0 Å². The molecule has 20 heavy (non-hydrogen) atoms. The third kappa shape index (κ3) is 2.38. The van der Waals surface area contributed by atoms with Crippen molar-refractivity contribution in [3.63, 3.8) is 0 Å². The Kier molecular flexibility index (Phi) is 3.85. The molecule has 1 saturated carbocycles. The molecule has 0 radical (unpaired) electrons. The molecule has 2 aliphatic rings. The van der Waals surface area contributed by atoms with Gasteiger partial charge in [-0.15, -0.1) is 0 Å². The molecule has 0 spiro atoms. The maximum Gasteiger partial charge on any atom is 0.161 e. The van der Waals surface area contributed by atoms with E-state index in [9.17, 15) is 0 Å². The minimum atomic E-state index is 0.141. The fourth-order valence-electron chi connectivity index (χ4n) is 3.09. The fraction of sp³-hybridized carbons (Fsp3) is 0.625. The Morgan fingerprint density at radius 3 is 2.75 bits per heavy atom. The molecule has 4 nitrogen and oxygen atoms in total. The van der Waals surface area contributed by atoms with Crippen LogP contribution < -0.4 is 15.2 Å².